The van der Waals surface area contributed by atoms with Crippen LogP contribution in [0.2, 0.25) is 5.02 Å². The molecule has 3 aromatic rings. The number of rotatable bonds is 4. The van der Waals surface area contributed by atoms with Crippen molar-refractivity contribution in [2.24, 2.45) is 0 Å². The molecule has 0 radical (unpaired) electrons. The van der Waals surface area contributed by atoms with Gasteiger partial charge in [-0.2, -0.15) is 13.2 Å². The Kier molecular flexibility index (Phi) is 5.53. The first-order chi connectivity index (χ1) is 13.0. The maximum Gasteiger partial charge on any atom is 0.450 e. The summed E-state index contributed by atoms with van der Waals surface area (Å²) in [7, 11) is -3.47. The molecule has 0 saturated carbocycles. The normalized spacial score (nSPS) is 12.4. The number of alkyl halides is 3. The minimum atomic E-state index is -4.70. The third-order valence-electron chi connectivity index (χ3n) is 3.99. The van der Waals surface area contributed by atoms with Gasteiger partial charge < -0.3 is 0 Å². The molecule has 1 aromatic heterocycles. The second-order valence-electron chi connectivity index (χ2n) is 5.92. The maximum absolute atomic E-state index is 13.5. The summed E-state index contributed by atoms with van der Waals surface area (Å²) in [5, 5.41) is 0.415. The first-order valence-corrected chi connectivity index (χ1v) is 11.3. The van der Waals surface area contributed by atoms with Crippen LogP contribution in [0.25, 0.3) is 16.9 Å². The number of hydrogen-bond donors (Lipinski definition) is 0. The molecule has 4 nitrogen and oxygen atoms in total. The second kappa shape index (κ2) is 7.46. The molecule has 0 aliphatic carbocycles. The van der Waals surface area contributed by atoms with E-state index in [4.69, 9.17) is 11.6 Å². The molecule has 0 fully saturated rings. The summed E-state index contributed by atoms with van der Waals surface area (Å²) in [6, 6.07) is 10.1. The number of aromatic nitrogens is 2. The number of benzene rings is 2. The molecule has 0 atom stereocenters. The molecule has 0 aliphatic heterocycles. The number of sulfone groups is 1. The van der Waals surface area contributed by atoms with Gasteiger partial charge in [-0.3, -0.25) is 4.57 Å². The highest BCUT2D eigenvalue weighted by molar-refractivity contribution is 7.98. The summed E-state index contributed by atoms with van der Waals surface area (Å²) in [5.41, 5.74) is 0.782. The molecule has 0 bridgehead atoms. The third-order valence-corrected chi connectivity index (χ3v) is 6.34. The zero-order chi connectivity index (χ0) is 20.7. The monoisotopic (exact) mass is 446 g/mol. The van der Waals surface area contributed by atoms with Crippen LogP contribution in [0.15, 0.2) is 58.5 Å². The van der Waals surface area contributed by atoms with Crippen LogP contribution in [0.3, 0.4) is 0 Å². The zero-order valence-electron chi connectivity index (χ0n) is 14.7. The fraction of sp³-hybridized carbons (Fsp3) is 0.167. The van der Waals surface area contributed by atoms with Crippen LogP contribution in [-0.2, 0) is 16.0 Å². The molecule has 10 heteroatoms. The number of nitrogens with zero attached hydrogens (tertiary/aromatic N) is 2. The molecule has 148 valence electrons. The predicted molar refractivity (Wildman–Crippen MR) is 104 cm³/mol. The van der Waals surface area contributed by atoms with E-state index < -0.39 is 21.8 Å². The Labute approximate surface area is 169 Å². The van der Waals surface area contributed by atoms with Gasteiger partial charge in [0.2, 0.25) is 5.82 Å². The highest BCUT2D eigenvalue weighted by Crippen LogP contribution is 2.36. The molecular formula is C18H14ClF3N2O2S2. The molecule has 0 saturated heterocycles. The smallest absolute Gasteiger partial charge is 0.289 e. The molecule has 3 rings (SSSR count). The minimum absolute atomic E-state index is 0.0128. The topological polar surface area (TPSA) is 52.0 Å². The fourth-order valence-corrected chi connectivity index (χ4v) is 4.19. The van der Waals surface area contributed by atoms with Gasteiger partial charge in [-0.15, -0.1) is 11.8 Å². The Morgan fingerprint density at radius 2 is 1.75 bits per heavy atom. The average molecular weight is 447 g/mol. The van der Waals surface area contributed by atoms with Crippen molar-refractivity contribution in [2.75, 3.05) is 12.5 Å². The Hall–Kier alpha value is -1.97. The van der Waals surface area contributed by atoms with Gasteiger partial charge in [-0.05, 0) is 42.7 Å². The quantitative estimate of drug-likeness (QED) is 0.508. The Morgan fingerprint density at radius 1 is 1.11 bits per heavy atom. The second-order valence-corrected chi connectivity index (χ2v) is 9.19. The van der Waals surface area contributed by atoms with E-state index in [0.717, 1.165) is 21.9 Å². The van der Waals surface area contributed by atoms with Gasteiger partial charge in [0.05, 0.1) is 21.8 Å². The summed E-state index contributed by atoms with van der Waals surface area (Å²) in [6.07, 6.45) is -0.703. The van der Waals surface area contributed by atoms with Gasteiger partial charge in [0, 0.05) is 22.4 Å². The van der Waals surface area contributed by atoms with Crippen molar-refractivity contribution in [1.82, 2.24) is 9.55 Å². The molecule has 1 heterocycles. The van der Waals surface area contributed by atoms with E-state index in [2.05, 4.69) is 4.98 Å². The van der Waals surface area contributed by atoms with Gasteiger partial charge >= 0.3 is 6.18 Å². The van der Waals surface area contributed by atoms with Crippen LogP contribution in [0.1, 0.15) is 5.82 Å². The van der Waals surface area contributed by atoms with E-state index in [1.54, 1.807) is 18.2 Å². The molecule has 0 aliphatic rings. The van der Waals surface area contributed by atoms with E-state index in [9.17, 15) is 21.6 Å². The van der Waals surface area contributed by atoms with E-state index in [-0.39, 0.29) is 16.3 Å². The van der Waals surface area contributed by atoms with E-state index in [1.807, 2.05) is 6.26 Å². The summed E-state index contributed by atoms with van der Waals surface area (Å²) >= 11 is 7.63. The van der Waals surface area contributed by atoms with Gasteiger partial charge in [0.25, 0.3) is 0 Å². The van der Waals surface area contributed by atoms with Crippen molar-refractivity contribution in [3.05, 3.63) is 59.5 Å². The highest BCUT2D eigenvalue weighted by atomic mass is 35.5. The van der Waals surface area contributed by atoms with Gasteiger partial charge in [0.1, 0.15) is 0 Å². The van der Waals surface area contributed by atoms with Crippen LogP contribution in [0.5, 0.6) is 0 Å². The number of halogens is 4. The predicted octanol–water partition coefficient (Wildman–Crippen LogP) is 5.34. The molecule has 28 heavy (non-hydrogen) atoms. The molecule has 0 spiro atoms. The molecule has 0 N–H and O–H groups in total. The first kappa shape index (κ1) is 20.8. The lowest BCUT2D eigenvalue weighted by Crippen LogP contribution is -2.14. The Balaban J connectivity index is 2.21. The maximum atomic E-state index is 13.5. The zero-order valence-corrected chi connectivity index (χ0v) is 17.0. The van der Waals surface area contributed by atoms with E-state index >= 15 is 0 Å². The molecular weight excluding hydrogens is 433 g/mol. The Morgan fingerprint density at radius 3 is 2.25 bits per heavy atom. The SMILES string of the molecule is CSc1ccc(-c2cnc(C(F)(F)F)n2-c2ccc(S(C)(=O)=O)cc2)cc1Cl. The lowest BCUT2D eigenvalue weighted by atomic mass is 10.1. The number of imidazole rings is 1. The number of thioether (sulfide) groups is 1. The van der Waals surface area contributed by atoms with E-state index in [0.29, 0.717) is 10.6 Å². The van der Waals surface area contributed by atoms with Gasteiger partial charge in [-0.1, -0.05) is 17.7 Å². The van der Waals surface area contributed by atoms with Crippen molar-refractivity contribution in [3.8, 4) is 16.9 Å². The first-order valence-electron chi connectivity index (χ1n) is 7.81. The van der Waals surface area contributed by atoms with Crippen LogP contribution in [-0.4, -0.2) is 30.5 Å². The van der Waals surface area contributed by atoms with Crippen molar-refractivity contribution >= 4 is 33.2 Å². The fourth-order valence-electron chi connectivity index (χ4n) is 2.68. The van der Waals surface area contributed by atoms with Crippen molar-refractivity contribution < 1.29 is 21.6 Å². The summed E-state index contributed by atoms with van der Waals surface area (Å²) in [6.45, 7) is 0. The summed E-state index contributed by atoms with van der Waals surface area (Å²) < 4.78 is 64.8. The van der Waals surface area contributed by atoms with Gasteiger partial charge in [0.15, 0.2) is 9.84 Å². The molecule has 0 unspecified atom stereocenters. The van der Waals surface area contributed by atoms with Crippen LogP contribution in [0, 0.1) is 0 Å². The third kappa shape index (κ3) is 4.06. The van der Waals surface area contributed by atoms with Crippen LogP contribution >= 0.6 is 23.4 Å². The highest BCUT2D eigenvalue weighted by Gasteiger charge is 2.38. The summed E-state index contributed by atoms with van der Waals surface area (Å²) in [4.78, 5) is 4.36. The van der Waals surface area contributed by atoms with Crippen LogP contribution in [0.4, 0.5) is 13.2 Å². The van der Waals surface area contributed by atoms with E-state index in [1.165, 1.54) is 36.0 Å². The minimum Gasteiger partial charge on any atom is -0.289 e. The lowest BCUT2D eigenvalue weighted by Gasteiger charge is -2.15. The average Bonchev–Trinajstić information content (AvgIpc) is 3.06. The van der Waals surface area contributed by atoms with Crippen LogP contribution < -0.4 is 0 Å². The lowest BCUT2D eigenvalue weighted by molar-refractivity contribution is -0.145. The molecule has 0 amide bonds. The summed E-state index contributed by atoms with van der Waals surface area (Å²) in [5.74, 6) is -1.11. The Bertz CT molecular complexity index is 1120. The van der Waals surface area contributed by atoms with Crippen molar-refractivity contribution in [2.45, 2.75) is 16.0 Å². The standard InChI is InChI=1S/C18H14ClF3N2O2S2/c1-27-16-8-3-11(9-14(16)19)15-10-23-17(18(20,21)22)24(15)12-4-6-13(7-5-12)28(2,25)26/h3-10H,1-2H3. The van der Waals surface area contributed by atoms with Gasteiger partial charge in [-0.25, -0.2) is 13.4 Å². The van der Waals surface area contributed by atoms with Crippen molar-refractivity contribution in [1.29, 1.82) is 0 Å². The van der Waals surface area contributed by atoms with Crippen molar-refractivity contribution in [3.63, 3.8) is 0 Å². The largest absolute Gasteiger partial charge is 0.450 e. The number of hydrogen-bond acceptors (Lipinski definition) is 4. The molecule has 2 aromatic carbocycles.